The molecular formula is C17H24N6O2. The number of rotatable bonds is 4. The van der Waals surface area contributed by atoms with Gasteiger partial charge in [-0.15, -0.1) is 0 Å². The summed E-state index contributed by atoms with van der Waals surface area (Å²) in [5.41, 5.74) is 2.83. The molecule has 0 unspecified atom stereocenters. The van der Waals surface area contributed by atoms with Crippen LogP contribution < -0.4 is 5.32 Å². The highest BCUT2D eigenvalue weighted by Crippen LogP contribution is 2.27. The van der Waals surface area contributed by atoms with Gasteiger partial charge in [-0.05, 0) is 26.0 Å². The zero-order chi connectivity index (χ0) is 17.4. The molecule has 4 rings (SSSR count). The monoisotopic (exact) mass is 344 g/mol. The number of aromatic nitrogens is 4. The smallest absolute Gasteiger partial charge is 0.254 e. The van der Waals surface area contributed by atoms with E-state index in [2.05, 4.69) is 27.5 Å². The van der Waals surface area contributed by atoms with Crippen molar-refractivity contribution in [2.45, 2.75) is 31.5 Å². The number of fused-ring (bicyclic) bond motifs is 1. The molecule has 1 N–H and O–H groups in total. The van der Waals surface area contributed by atoms with Crippen LogP contribution in [0.5, 0.6) is 0 Å². The van der Waals surface area contributed by atoms with Crippen molar-refractivity contribution in [2.24, 2.45) is 7.05 Å². The molecule has 1 amide bonds. The van der Waals surface area contributed by atoms with Crippen LogP contribution in [0.1, 0.15) is 34.2 Å². The lowest BCUT2D eigenvalue weighted by Gasteiger charge is -2.39. The first kappa shape index (κ1) is 16.3. The highest BCUT2D eigenvalue weighted by atomic mass is 16.5. The second-order valence-corrected chi connectivity index (χ2v) is 6.76. The maximum atomic E-state index is 12.6. The van der Waals surface area contributed by atoms with Gasteiger partial charge in [0.25, 0.3) is 5.91 Å². The summed E-state index contributed by atoms with van der Waals surface area (Å²) in [5, 5.41) is 11.6. The molecule has 0 spiro atoms. The summed E-state index contributed by atoms with van der Waals surface area (Å²) in [6.45, 7) is 2.89. The third-order valence-corrected chi connectivity index (χ3v) is 5.21. The zero-order valence-corrected chi connectivity index (χ0v) is 14.7. The molecular weight excluding hydrogens is 320 g/mol. The molecule has 2 aromatic heterocycles. The average molecular weight is 344 g/mol. The van der Waals surface area contributed by atoms with E-state index in [1.807, 2.05) is 22.5 Å². The van der Waals surface area contributed by atoms with Crippen molar-refractivity contribution >= 4 is 5.91 Å². The predicted molar refractivity (Wildman–Crippen MR) is 91.2 cm³/mol. The Bertz CT molecular complexity index is 767. The number of morpholine rings is 1. The first-order valence-corrected chi connectivity index (χ1v) is 8.78. The summed E-state index contributed by atoms with van der Waals surface area (Å²) in [6.07, 6.45) is 5.34. The molecule has 8 nitrogen and oxygen atoms in total. The Morgan fingerprint density at radius 3 is 3.04 bits per heavy atom. The van der Waals surface area contributed by atoms with Gasteiger partial charge < -0.3 is 10.1 Å². The lowest BCUT2D eigenvalue weighted by atomic mass is 10.0. The van der Waals surface area contributed by atoms with E-state index in [4.69, 9.17) is 4.74 Å². The van der Waals surface area contributed by atoms with Crippen molar-refractivity contribution in [3.63, 3.8) is 0 Å². The van der Waals surface area contributed by atoms with Crippen molar-refractivity contribution in [2.75, 3.05) is 26.7 Å². The first-order chi connectivity index (χ1) is 12.1. The van der Waals surface area contributed by atoms with Gasteiger partial charge >= 0.3 is 0 Å². The van der Waals surface area contributed by atoms with E-state index < -0.39 is 0 Å². The molecule has 2 atom stereocenters. The Morgan fingerprint density at radius 1 is 1.36 bits per heavy atom. The van der Waals surface area contributed by atoms with Crippen LogP contribution in [0, 0.1) is 0 Å². The van der Waals surface area contributed by atoms with Crippen LogP contribution >= 0.6 is 0 Å². The summed E-state index contributed by atoms with van der Waals surface area (Å²) in [6, 6.07) is 2.08. The van der Waals surface area contributed by atoms with Crippen LogP contribution in [0.25, 0.3) is 0 Å². The Labute approximate surface area is 146 Å². The molecule has 0 saturated carbocycles. The normalized spacial score (nSPS) is 23.6. The number of amides is 1. The van der Waals surface area contributed by atoms with E-state index >= 15 is 0 Å². The van der Waals surface area contributed by atoms with E-state index in [-0.39, 0.29) is 18.1 Å². The Morgan fingerprint density at radius 2 is 2.24 bits per heavy atom. The van der Waals surface area contributed by atoms with E-state index in [0.29, 0.717) is 18.7 Å². The summed E-state index contributed by atoms with van der Waals surface area (Å²) >= 11 is 0. The number of nitrogens with one attached hydrogen (secondary N) is 1. The fourth-order valence-electron chi connectivity index (χ4n) is 3.86. The van der Waals surface area contributed by atoms with E-state index in [9.17, 15) is 4.79 Å². The zero-order valence-electron chi connectivity index (χ0n) is 14.7. The highest BCUT2D eigenvalue weighted by molar-refractivity contribution is 5.95. The number of carbonyl (C=O) groups excluding carboxylic acids is 1. The molecule has 8 heteroatoms. The second kappa shape index (κ2) is 6.61. The molecule has 25 heavy (non-hydrogen) atoms. The predicted octanol–water partition coefficient (Wildman–Crippen LogP) is 0.365. The number of aryl methyl sites for hydroxylation is 2. The fraction of sp³-hybridized carbons (Fsp3) is 0.588. The molecule has 2 aliphatic heterocycles. The minimum absolute atomic E-state index is 0.0660. The topological polar surface area (TPSA) is 77.2 Å². The van der Waals surface area contributed by atoms with Gasteiger partial charge in [-0.2, -0.15) is 10.2 Å². The Kier molecular flexibility index (Phi) is 4.30. The van der Waals surface area contributed by atoms with Gasteiger partial charge in [0.15, 0.2) is 0 Å². The van der Waals surface area contributed by atoms with Crippen LogP contribution in [0.3, 0.4) is 0 Å². The van der Waals surface area contributed by atoms with Gasteiger partial charge in [0, 0.05) is 32.9 Å². The van der Waals surface area contributed by atoms with Crippen molar-refractivity contribution in [3.8, 4) is 0 Å². The molecule has 0 bridgehead atoms. The third kappa shape index (κ3) is 2.96. The van der Waals surface area contributed by atoms with Gasteiger partial charge in [0.1, 0.15) is 0 Å². The maximum Gasteiger partial charge on any atom is 0.254 e. The SMILES string of the molecule is CN1CCO[C@@H](CNC(=O)c2cnn3c2CCC3)[C@@H]1c1ccnn1C. The highest BCUT2D eigenvalue weighted by Gasteiger charge is 2.34. The van der Waals surface area contributed by atoms with Crippen LogP contribution in [0.15, 0.2) is 18.5 Å². The third-order valence-electron chi connectivity index (χ3n) is 5.21. The summed E-state index contributed by atoms with van der Waals surface area (Å²) in [7, 11) is 4.02. The minimum atomic E-state index is -0.110. The minimum Gasteiger partial charge on any atom is -0.373 e. The summed E-state index contributed by atoms with van der Waals surface area (Å²) < 4.78 is 9.78. The van der Waals surface area contributed by atoms with Crippen molar-refractivity contribution in [3.05, 3.63) is 35.4 Å². The molecule has 2 aromatic rings. The molecule has 1 fully saturated rings. The molecule has 134 valence electrons. The van der Waals surface area contributed by atoms with Gasteiger partial charge in [-0.25, -0.2) is 0 Å². The van der Waals surface area contributed by atoms with Gasteiger partial charge in [-0.1, -0.05) is 0 Å². The van der Waals surface area contributed by atoms with Crippen LogP contribution in [-0.2, 0) is 24.8 Å². The average Bonchev–Trinajstić information content (AvgIpc) is 3.29. The second-order valence-electron chi connectivity index (χ2n) is 6.76. The lowest BCUT2D eigenvalue weighted by Crippen LogP contribution is -2.48. The standard InChI is InChI=1S/C17H24N6O2/c1-21-8-9-25-15(16(21)14-5-6-19-22(14)2)11-18-17(24)12-10-20-23-7-3-4-13(12)23/h5-6,10,15-16H,3-4,7-9,11H2,1-2H3,(H,18,24)/t15-,16-/m0/s1. The lowest BCUT2D eigenvalue weighted by molar-refractivity contribution is -0.0629. The fourth-order valence-corrected chi connectivity index (χ4v) is 3.86. The van der Waals surface area contributed by atoms with Gasteiger partial charge in [0.2, 0.25) is 0 Å². The number of nitrogens with zero attached hydrogens (tertiary/aromatic N) is 5. The number of hydrogen-bond donors (Lipinski definition) is 1. The largest absolute Gasteiger partial charge is 0.373 e. The van der Waals surface area contributed by atoms with Crippen LogP contribution in [0.2, 0.25) is 0 Å². The number of carbonyl (C=O) groups is 1. The number of likely N-dealkylation sites (N-methyl/N-ethyl adjacent to an activating group) is 1. The van der Waals surface area contributed by atoms with Crippen LogP contribution in [0.4, 0.5) is 0 Å². The van der Waals surface area contributed by atoms with Gasteiger partial charge in [-0.3, -0.25) is 19.1 Å². The van der Waals surface area contributed by atoms with Crippen molar-refractivity contribution < 1.29 is 9.53 Å². The molecule has 4 heterocycles. The van der Waals surface area contributed by atoms with Crippen molar-refractivity contribution in [1.29, 1.82) is 0 Å². The molecule has 2 aliphatic rings. The van der Waals surface area contributed by atoms with E-state index in [0.717, 1.165) is 37.3 Å². The Balaban J connectivity index is 1.47. The summed E-state index contributed by atoms with van der Waals surface area (Å²) in [4.78, 5) is 14.9. The molecule has 1 saturated heterocycles. The number of ether oxygens (including phenoxy) is 1. The van der Waals surface area contributed by atoms with Gasteiger partial charge in [0.05, 0.1) is 41.9 Å². The quantitative estimate of drug-likeness (QED) is 0.867. The van der Waals surface area contributed by atoms with E-state index in [1.165, 1.54) is 0 Å². The molecule has 0 radical (unpaired) electrons. The van der Waals surface area contributed by atoms with Crippen LogP contribution in [-0.4, -0.2) is 63.2 Å². The van der Waals surface area contributed by atoms with Crippen molar-refractivity contribution in [1.82, 2.24) is 29.8 Å². The first-order valence-electron chi connectivity index (χ1n) is 8.78. The molecule has 0 aromatic carbocycles. The van der Waals surface area contributed by atoms with E-state index in [1.54, 1.807) is 12.4 Å². The summed E-state index contributed by atoms with van der Waals surface area (Å²) in [5.74, 6) is -0.0660. The number of hydrogen-bond acceptors (Lipinski definition) is 5. The maximum absolute atomic E-state index is 12.6. The molecule has 0 aliphatic carbocycles. The Hall–Kier alpha value is -2.19.